The molecular formula is C14H17NO4. The van der Waals surface area contributed by atoms with Crippen molar-refractivity contribution >= 4 is 17.4 Å². The van der Waals surface area contributed by atoms with Gasteiger partial charge in [0.25, 0.3) is 0 Å². The highest BCUT2D eigenvalue weighted by Crippen LogP contribution is 2.22. The monoisotopic (exact) mass is 263 g/mol. The van der Waals surface area contributed by atoms with E-state index in [0.717, 1.165) is 5.69 Å². The lowest BCUT2D eigenvalue weighted by atomic mass is 10.1. The van der Waals surface area contributed by atoms with Crippen molar-refractivity contribution in [3.05, 3.63) is 29.8 Å². The number of ether oxygens (including phenoxy) is 1. The number of carboxylic acids is 1. The summed E-state index contributed by atoms with van der Waals surface area (Å²) in [5.74, 6) is -0.809. The van der Waals surface area contributed by atoms with E-state index in [1.165, 1.54) is 6.92 Å². The molecule has 5 heteroatoms. The fraction of sp³-hybridized carbons (Fsp3) is 0.429. The molecule has 1 heterocycles. The zero-order valence-corrected chi connectivity index (χ0v) is 10.8. The predicted octanol–water partition coefficient (Wildman–Crippen LogP) is 1.57. The number of carboxylic acid groups (broad SMARTS) is 1. The van der Waals surface area contributed by atoms with Gasteiger partial charge in [0.2, 0.25) is 0 Å². The summed E-state index contributed by atoms with van der Waals surface area (Å²) in [6.45, 7) is 3.19. The predicted molar refractivity (Wildman–Crippen MR) is 70.7 cm³/mol. The SMILES string of the molecule is CC(=O)c1ccc(N2CCOCC2CC(=O)O)cc1. The minimum Gasteiger partial charge on any atom is -0.481 e. The van der Waals surface area contributed by atoms with E-state index in [1.807, 2.05) is 17.0 Å². The standard InChI is InChI=1S/C14H17NO4/c1-10(16)11-2-4-12(5-3-11)15-6-7-19-9-13(15)8-14(17)18/h2-5,13H,6-9H2,1H3,(H,17,18). The van der Waals surface area contributed by atoms with Crippen LogP contribution in [0.1, 0.15) is 23.7 Å². The van der Waals surface area contributed by atoms with Crippen LogP contribution in [0.3, 0.4) is 0 Å². The van der Waals surface area contributed by atoms with Gasteiger partial charge < -0.3 is 14.7 Å². The summed E-state index contributed by atoms with van der Waals surface area (Å²) >= 11 is 0. The van der Waals surface area contributed by atoms with Crippen LogP contribution in [0.25, 0.3) is 0 Å². The maximum atomic E-state index is 11.2. The van der Waals surface area contributed by atoms with Crippen molar-refractivity contribution < 1.29 is 19.4 Å². The quantitative estimate of drug-likeness (QED) is 0.835. The van der Waals surface area contributed by atoms with Gasteiger partial charge >= 0.3 is 5.97 Å². The van der Waals surface area contributed by atoms with E-state index in [9.17, 15) is 9.59 Å². The summed E-state index contributed by atoms with van der Waals surface area (Å²) in [7, 11) is 0. The van der Waals surface area contributed by atoms with Crippen LogP contribution in [-0.2, 0) is 9.53 Å². The third kappa shape index (κ3) is 3.32. The number of rotatable bonds is 4. The molecular weight excluding hydrogens is 246 g/mol. The van der Waals surface area contributed by atoms with Crippen molar-refractivity contribution in [3.8, 4) is 0 Å². The third-order valence-electron chi connectivity index (χ3n) is 3.24. The van der Waals surface area contributed by atoms with Crippen molar-refractivity contribution in [2.24, 2.45) is 0 Å². The molecule has 0 bridgehead atoms. The summed E-state index contributed by atoms with van der Waals surface area (Å²) < 4.78 is 5.34. The highest BCUT2D eigenvalue weighted by Gasteiger charge is 2.25. The zero-order chi connectivity index (χ0) is 13.8. The number of carbonyl (C=O) groups excluding carboxylic acids is 1. The number of ketones is 1. The van der Waals surface area contributed by atoms with E-state index < -0.39 is 5.97 Å². The van der Waals surface area contributed by atoms with Gasteiger partial charge in [0.05, 0.1) is 25.7 Å². The summed E-state index contributed by atoms with van der Waals surface area (Å²) in [6, 6.07) is 7.10. The number of anilines is 1. The lowest BCUT2D eigenvalue weighted by Gasteiger charge is -2.36. The molecule has 1 aromatic carbocycles. The number of benzene rings is 1. The molecule has 1 fully saturated rings. The lowest BCUT2D eigenvalue weighted by molar-refractivity contribution is -0.138. The Bertz CT molecular complexity index is 469. The highest BCUT2D eigenvalue weighted by atomic mass is 16.5. The van der Waals surface area contributed by atoms with E-state index in [4.69, 9.17) is 9.84 Å². The van der Waals surface area contributed by atoms with Crippen molar-refractivity contribution in [1.29, 1.82) is 0 Å². The van der Waals surface area contributed by atoms with Gasteiger partial charge in [0, 0.05) is 17.8 Å². The largest absolute Gasteiger partial charge is 0.481 e. The smallest absolute Gasteiger partial charge is 0.305 e. The van der Waals surface area contributed by atoms with Crippen molar-refractivity contribution in [1.82, 2.24) is 0 Å². The number of hydrogen-bond acceptors (Lipinski definition) is 4. The summed E-state index contributed by atoms with van der Waals surface area (Å²) in [6.07, 6.45) is 0.0501. The molecule has 1 aliphatic heterocycles. The van der Waals surface area contributed by atoms with E-state index in [0.29, 0.717) is 25.3 Å². The van der Waals surface area contributed by atoms with Crippen LogP contribution in [0.2, 0.25) is 0 Å². The Hall–Kier alpha value is -1.88. The first-order valence-corrected chi connectivity index (χ1v) is 6.25. The van der Waals surface area contributed by atoms with Crippen LogP contribution in [0.4, 0.5) is 5.69 Å². The normalized spacial score (nSPS) is 19.2. The Morgan fingerprint density at radius 2 is 2.05 bits per heavy atom. The Morgan fingerprint density at radius 3 is 2.63 bits per heavy atom. The minimum atomic E-state index is -0.833. The summed E-state index contributed by atoms with van der Waals surface area (Å²) in [5.41, 5.74) is 1.59. The third-order valence-corrected chi connectivity index (χ3v) is 3.24. The molecule has 0 aliphatic carbocycles. The molecule has 0 radical (unpaired) electrons. The van der Waals surface area contributed by atoms with Crippen LogP contribution < -0.4 is 4.90 Å². The van der Waals surface area contributed by atoms with E-state index in [1.54, 1.807) is 12.1 Å². The highest BCUT2D eigenvalue weighted by molar-refractivity contribution is 5.94. The molecule has 19 heavy (non-hydrogen) atoms. The molecule has 1 saturated heterocycles. The minimum absolute atomic E-state index is 0.0237. The number of nitrogens with zero attached hydrogens (tertiary/aromatic N) is 1. The van der Waals surface area contributed by atoms with Gasteiger partial charge in [0.1, 0.15) is 0 Å². The second kappa shape index (κ2) is 5.84. The Morgan fingerprint density at radius 1 is 1.37 bits per heavy atom. The van der Waals surface area contributed by atoms with Crippen molar-refractivity contribution in [3.63, 3.8) is 0 Å². The molecule has 1 N–H and O–H groups in total. The van der Waals surface area contributed by atoms with E-state index in [-0.39, 0.29) is 18.2 Å². The Labute approximate surface area is 111 Å². The molecule has 102 valence electrons. The van der Waals surface area contributed by atoms with Crippen LogP contribution in [0.15, 0.2) is 24.3 Å². The van der Waals surface area contributed by atoms with Crippen LogP contribution in [0, 0.1) is 0 Å². The molecule has 0 amide bonds. The number of Topliss-reactive ketones (excluding diaryl/α,β-unsaturated/α-hetero) is 1. The summed E-state index contributed by atoms with van der Waals surface area (Å²) in [4.78, 5) is 24.1. The number of hydrogen-bond donors (Lipinski definition) is 1. The second-order valence-electron chi connectivity index (χ2n) is 4.62. The maximum absolute atomic E-state index is 11.2. The van der Waals surface area contributed by atoms with Gasteiger partial charge in [-0.2, -0.15) is 0 Å². The number of morpholine rings is 1. The van der Waals surface area contributed by atoms with Crippen LogP contribution in [0.5, 0.6) is 0 Å². The molecule has 0 aromatic heterocycles. The maximum Gasteiger partial charge on any atom is 0.305 e. The van der Waals surface area contributed by atoms with Gasteiger partial charge in [-0.15, -0.1) is 0 Å². The Kier molecular flexibility index (Phi) is 4.16. The molecule has 1 aliphatic rings. The molecule has 0 spiro atoms. The van der Waals surface area contributed by atoms with Crippen molar-refractivity contribution in [2.45, 2.75) is 19.4 Å². The van der Waals surface area contributed by atoms with Gasteiger partial charge in [-0.1, -0.05) is 0 Å². The average molecular weight is 263 g/mol. The molecule has 1 unspecified atom stereocenters. The van der Waals surface area contributed by atoms with Crippen molar-refractivity contribution in [2.75, 3.05) is 24.7 Å². The zero-order valence-electron chi connectivity index (χ0n) is 10.8. The first-order chi connectivity index (χ1) is 9.08. The molecule has 1 atom stereocenters. The topological polar surface area (TPSA) is 66.8 Å². The lowest BCUT2D eigenvalue weighted by Crippen LogP contribution is -2.46. The first-order valence-electron chi connectivity index (χ1n) is 6.25. The molecule has 0 saturated carbocycles. The molecule has 2 rings (SSSR count). The average Bonchev–Trinajstić information content (AvgIpc) is 2.39. The Balaban J connectivity index is 2.17. The first kappa shape index (κ1) is 13.5. The molecule has 5 nitrogen and oxygen atoms in total. The second-order valence-corrected chi connectivity index (χ2v) is 4.62. The van der Waals surface area contributed by atoms with E-state index >= 15 is 0 Å². The van der Waals surface area contributed by atoms with Gasteiger partial charge in [-0.05, 0) is 31.2 Å². The van der Waals surface area contributed by atoms with Gasteiger partial charge in [0.15, 0.2) is 5.78 Å². The van der Waals surface area contributed by atoms with Gasteiger partial charge in [-0.25, -0.2) is 0 Å². The number of carbonyl (C=O) groups is 2. The van der Waals surface area contributed by atoms with Gasteiger partial charge in [-0.3, -0.25) is 9.59 Å². The molecule has 1 aromatic rings. The van der Waals surface area contributed by atoms with E-state index in [2.05, 4.69) is 0 Å². The fourth-order valence-corrected chi connectivity index (χ4v) is 2.25. The fourth-order valence-electron chi connectivity index (χ4n) is 2.25. The van der Waals surface area contributed by atoms with Crippen LogP contribution >= 0.6 is 0 Å². The summed E-state index contributed by atoms with van der Waals surface area (Å²) in [5, 5.41) is 8.92. The van der Waals surface area contributed by atoms with Crippen LogP contribution in [-0.4, -0.2) is 42.7 Å². The number of aliphatic carboxylic acids is 1.